The van der Waals surface area contributed by atoms with Gasteiger partial charge in [-0.15, -0.1) is 0 Å². The van der Waals surface area contributed by atoms with E-state index in [0.29, 0.717) is 19.0 Å². The summed E-state index contributed by atoms with van der Waals surface area (Å²) in [6, 6.07) is 7.34. The van der Waals surface area contributed by atoms with Gasteiger partial charge in [0.25, 0.3) is 5.91 Å². The second kappa shape index (κ2) is 6.67. The Hall–Kier alpha value is -2.08. The third-order valence-electron chi connectivity index (χ3n) is 5.16. The Kier molecular flexibility index (Phi) is 4.73. The van der Waals surface area contributed by atoms with Crippen molar-refractivity contribution in [2.24, 2.45) is 0 Å². The van der Waals surface area contributed by atoms with Gasteiger partial charge in [0, 0.05) is 18.1 Å². The minimum atomic E-state index is -0.994. The highest BCUT2D eigenvalue weighted by atomic mass is 35.5. The van der Waals surface area contributed by atoms with Gasteiger partial charge in [-0.25, -0.2) is 4.79 Å². The highest BCUT2D eigenvalue weighted by Gasteiger charge is 2.46. The Bertz CT molecular complexity index is 711. The molecule has 1 aromatic rings. The summed E-state index contributed by atoms with van der Waals surface area (Å²) in [6.07, 6.45) is 1.72. The first-order valence-electron chi connectivity index (χ1n) is 8.45. The molecule has 0 spiro atoms. The van der Waals surface area contributed by atoms with E-state index < -0.39 is 11.6 Å². The number of nitrogens with zero attached hydrogens (tertiary/aromatic N) is 2. The quantitative estimate of drug-likeness (QED) is 0.838. The van der Waals surface area contributed by atoms with Gasteiger partial charge in [-0.05, 0) is 50.3 Å². The summed E-state index contributed by atoms with van der Waals surface area (Å²) in [5.41, 5.74) is 0.205. The monoisotopic (exact) mass is 363 g/mol. The molecule has 2 aliphatic rings. The van der Waals surface area contributed by atoms with Crippen molar-refractivity contribution in [2.75, 3.05) is 19.6 Å². The van der Waals surface area contributed by atoms with Crippen molar-refractivity contribution in [1.29, 1.82) is 0 Å². The Labute approximate surface area is 152 Å². The second-order valence-corrected chi connectivity index (χ2v) is 7.55. The maximum absolute atomic E-state index is 12.6. The zero-order valence-corrected chi connectivity index (χ0v) is 15.2. The van der Waals surface area contributed by atoms with Crippen LogP contribution in [0.15, 0.2) is 24.3 Å². The Morgan fingerprint density at radius 2 is 1.96 bits per heavy atom. The molecule has 25 heavy (non-hydrogen) atoms. The van der Waals surface area contributed by atoms with Crippen LogP contribution in [0.1, 0.15) is 38.2 Å². The number of amides is 4. The molecular formula is C18H22ClN3O3. The number of piperidine rings is 1. The lowest BCUT2D eigenvalue weighted by Gasteiger charge is -2.35. The summed E-state index contributed by atoms with van der Waals surface area (Å²) in [4.78, 5) is 39.3. The van der Waals surface area contributed by atoms with Crippen molar-refractivity contribution in [3.05, 3.63) is 34.9 Å². The molecule has 1 N–H and O–H groups in total. The fraction of sp³-hybridized carbons (Fsp3) is 0.500. The number of nitrogens with one attached hydrogen (secondary N) is 1. The predicted octanol–water partition coefficient (Wildman–Crippen LogP) is 2.38. The number of likely N-dealkylation sites (tertiary alicyclic amines) is 1. The molecule has 6 nitrogen and oxygen atoms in total. The minimum absolute atomic E-state index is 0.0770. The van der Waals surface area contributed by atoms with E-state index in [1.54, 1.807) is 18.7 Å². The van der Waals surface area contributed by atoms with E-state index in [1.807, 2.05) is 18.2 Å². The molecule has 0 aliphatic carbocycles. The van der Waals surface area contributed by atoms with Gasteiger partial charge >= 0.3 is 6.03 Å². The Morgan fingerprint density at radius 3 is 2.52 bits per heavy atom. The molecule has 2 aliphatic heterocycles. The Morgan fingerprint density at radius 1 is 1.28 bits per heavy atom. The van der Waals surface area contributed by atoms with Crippen LogP contribution < -0.4 is 5.32 Å². The van der Waals surface area contributed by atoms with Crippen LogP contribution in [0.4, 0.5) is 4.79 Å². The van der Waals surface area contributed by atoms with Crippen molar-refractivity contribution in [1.82, 2.24) is 15.1 Å². The summed E-state index contributed by atoms with van der Waals surface area (Å²) in [5.74, 6) is -0.108. The van der Waals surface area contributed by atoms with E-state index in [1.165, 1.54) is 10.5 Å². The summed E-state index contributed by atoms with van der Waals surface area (Å²) >= 11 is 6.06. The first-order chi connectivity index (χ1) is 11.8. The fourth-order valence-electron chi connectivity index (χ4n) is 3.42. The van der Waals surface area contributed by atoms with Crippen molar-refractivity contribution >= 4 is 29.4 Å². The molecule has 0 saturated carbocycles. The molecule has 2 saturated heterocycles. The predicted molar refractivity (Wildman–Crippen MR) is 94.3 cm³/mol. The maximum Gasteiger partial charge on any atom is 0.325 e. The number of carbonyl (C=O) groups is 3. The molecule has 3 rings (SSSR count). The summed E-state index contributed by atoms with van der Waals surface area (Å²) < 4.78 is 0. The van der Waals surface area contributed by atoms with Gasteiger partial charge in [0.15, 0.2) is 0 Å². The maximum atomic E-state index is 12.6. The fourth-order valence-corrected chi connectivity index (χ4v) is 3.62. The molecule has 0 unspecified atom stereocenters. The number of hydrogen-bond donors (Lipinski definition) is 1. The molecule has 134 valence electrons. The van der Waals surface area contributed by atoms with Crippen LogP contribution in [0.5, 0.6) is 0 Å². The SMILES string of the molecule is CC1(C)C(=O)NC(=O)N1CC(=O)N1CCC(c2cccc(Cl)c2)CC1. The van der Waals surface area contributed by atoms with Gasteiger partial charge in [-0.3, -0.25) is 14.9 Å². The largest absolute Gasteiger partial charge is 0.341 e. The van der Waals surface area contributed by atoms with Crippen LogP contribution in [0.25, 0.3) is 0 Å². The molecule has 0 bridgehead atoms. The van der Waals surface area contributed by atoms with Gasteiger partial charge in [0.05, 0.1) is 0 Å². The number of imide groups is 1. The molecule has 2 fully saturated rings. The van der Waals surface area contributed by atoms with E-state index in [4.69, 9.17) is 11.6 Å². The van der Waals surface area contributed by atoms with Crippen molar-refractivity contribution in [2.45, 2.75) is 38.1 Å². The smallest absolute Gasteiger partial charge is 0.325 e. The number of carbonyl (C=O) groups excluding carboxylic acids is 3. The van der Waals surface area contributed by atoms with Crippen molar-refractivity contribution in [3.63, 3.8) is 0 Å². The topological polar surface area (TPSA) is 69.7 Å². The molecule has 2 heterocycles. The van der Waals surface area contributed by atoms with Crippen LogP contribution in [-0.2, 0) is 9.59 Å². The second-order valence-electron chi connectivity index (χ2n) is 7.11. The molecule has 0 atom stereocenters. The van der Waals surface area contributed by atoms with Crippen molar-refractivity contribution in [3.8, 4) is 0 Å². The van der Waals surface area contributed by atoms with Crippen molar-refractivity contribution < 1.29 is 14.4 Å². The summed E-state index contributed by atoms with van der Waals surface area (Å²) in [5, 5.41) is 2.99. The molecule has 7 heteroatoms. The van der Waals surface area contributed by atoms with Crippen LogP contribution in [0.3, 0.4) is 0 Å². The van der Waals surface area contributed by atoms with Gasteiger partial charge in [-0.2, -0.15) is 0 Å². The standard InChI is InChI=1S/C18H22ClN3O3/c1-18(2)16(24)20-17(25)22(18)11-15(23)21-8-6-12(7-9-21)13-4-3-5-14(19)10-13/h3-5,10,12H,6-9,11H2,1-2H3,(H,20,24,25). The van der Waals surface area contributed by atoms with Gasteiger partial charge in [0.2, 0.25) is 5.91 Å². The number of benzene rings is 1. The molecule has 4 amide bonds. The first-order valence-corrected chi connectivity index (χ1v) is 8.83. The van der Waals surface area contributed by atoms with Crippen LogP contribution in [0.2, 0.25) is 5.02 Å². The van der Waals surface area contributed by atoms with Gasteiger partial charge < -0.3 is 9.80 Å². The molecule has 0 radical (unpaired) electrons. The lowest BCUT2D eigenvalue weighted by Crippen LogP contribution is -2.50. The zero-order valence-electron chi connectivity index (χ0n) is 14.4. The van der Waals surface area contributed by atoms with E-state index >= 15 is 0 Å². The average molecular weight is 364 g/mol. The van der Waals surface area contributed by atoms with E-state index in [2.05, 4.69) is 11.4 Å². The normalized spacial score (nSPS) is 20.8. The number of urea groups is 1. The third-order valence-corrected chi connectivity index (χ3v) is 5.39. The number of hydrogen-bond acceptors (Lipinski definition) is 3. The average Bonchev–Trinajstić information content (AvgIpc) is 2.77. The molecule has 1 aromatic carbocycles. The summed E-state index contributed by atoms with van der Waals surface area (Å²) in [6.45, 7) is 4.49. The van der Waals surface area contributed by atoms with Gasteiger partial charge in [0.1, 0.15) is 12.1 Å². The van der Waals surface area contributed by atoms with Gasteiger partial charge in [-0.1, -0.05) is 23.7 Å². The summed E-state index contributed by atoms with van der Waals surface area (Å²) in [7, 11) is 0. The Balaban J connectivity index is 1.59. The molecule has 0 aromatic heterocycles. The van der Waals surface area contributed by atoms with E-state index in [0.717, 1.165) is 17.9 Å². The number of rotatable bonds is 3. The zero-order chi connectivity index (χ0) is 18.2. The first kappa shape index (κ1) is 17.7. The van der Waals surface area contributed by atoms with Crippen LogP contribution in [0, 0.1) is 0 Å². The molecular weight excluding hydrogens is 342 g/mol. The van der Waals surface area contributed by atoms with Crippen LogP contribution in [-0.4, -0.2) is 52.8 Å². The highest BCUT2D eigenvalue weighted by Crippen LogP contribution is 2.30. The lowest BCUT2D eigenvalue weighted by atomic mass is 9.89. The van der Waals surface area contributed by atoms with Crippen LogP contribution >= 0.6 is 11.6 Å². The highest BCUT2D eigenvalue weighted by molar-refractivity contribution is 6.30. The van der Waals surface area contributed by atoms with E-state index in [-0.39, 0.29) is 18.4 Å². The number of halogens is 1. The van der Waals surface area contributed by atoms with E-state index in [9.17, 15) is 14.4 Å². The third kappa shape index (κ3) is 3.49. The minimum Gasteiger partial charge on any atom is -0.341 e. The lowest BCUT2D eigenvalue weighted by molar-refractivity contribution is -0.134.